The van der Waals surface area contributed by atoms with E-state index in [4.69, 9.17) is 5.10 Å². The Hall–Kier alpha value is -1.69. The first-order chi connectivity index (χ1) is 10.7. The lowest BCUT2D eigenvalue weighted by Crippen LogP contribution is -2.62. The van der Waals surface area contributed by atoms with Crippen LogP contribution in [0.25, 0.3) is 0 Å². The topological polar surface area (TPSA) is 56.7 Å². The van der Waals surface area contributed by atoms with Crippen molar-refractivity contribution in [3.8, 4) is 0 Å². The highest BCUT2D eigenvalue weighted by atomic mass is 32.2. The van der Waals surface area contributed by atoms with Crippen LogP contribution in [0.5, 0.6) is 0 Å². The van der Waals surface area contributed by atoms with E-state index in [1.165, 1.54) is 31.0 Å². The predicted molar refractivity (Wildman–Crippen MR) is 89.6 cm³/mol. The van der Waals surface area contributed by atoms with E-state index in [1.54, 1.807) is 0 Å². The van der Waals surface area contributed by atoms with Crippen molar-refractivity contribution in [2.75, 3.05) is 11.6 Å². The van der Waals surface area contributed by atoms with Gasteiger partial charge in [-0.1, -0.05) is 36.4 Å². The molecule has 2 heterocycles. The number of anilines is 1. The van der Waals surface area contributed by atoms with Gasteiger partial charge in [0.1, 0.15) is 5.66 Å². The summed E-state index contributed by atoms with van der Waals surface area (Å²) in [6.07, 6.45) is 7.59. The lowest BCUT2D eigenvalue weighted by Gasteiger charge is -2.53. The Labute approximate surface area is 134 Å². The van der Waals surface area contributed by atoms with Crippen molar-refractivity contribution >= 4 is 28.5 Å². The summed E-state index contributed by atoms with van der Waals surface area (Å²) < 4.78 is 0. The van der Waals surface area contributed by atoms with E-state index in [1.807, 2.05) is 29.5 Å². The Morgan fingerprint density at radius 1 is 1.27 bits per heavy atom. The summed E-state index contributed by atoms with van der Waals surface area (Å²) in [6, 6.07) is 7.78. The van der Waals surface area contributed by atoms with E-state index in [-0.39, 0.29) is 17.6 Å². The highest BCUT2D eigenvalue weighted by molar-refractivity contribution is 8.13. The molecule has 0 bridgehead atoms. The Kier molecular flexibility index (Phi) is 3.29. The van der Waals surface area contributed by atoms with Gasteiger partial charge in [0, 0.05) is 11.3 Å². The van der Waals surface area contributed by atoms with Gasteiger partial charge in [-0.15, -0.1) is 5.10 Å². The van der Waals surface area contributed by atoms with E-state index in [0.717, 1.165) is 24.1 Å². The van der Waals surface area contributed by atoms with Crippen LogP contribution in [-0.4, -0.2) is 28.0 Å². The molecule has 6 heteroatoms. The molecule has 1 spiro atoms. The number of thioether (sulfide) groups is 1. The second kappa shape index (κ2) is 5.19. The lowest BCUT2D eigenvalue weighted by molar-refractivity contribution is -0.130. The van der Waals surface area contributed by atoms with E-state index in [0.29, 0.717) is 5.17 Å². The van der Waals surface area contributed by atoms with Gasteiger partial charge in [-0.2, -0.15) is 0 Å². The number of nitrogens with zero attached hydrogens (tertiary/aromatic N) is 2. The fourth-order valence-corrected chi connectivity index (χ4v) is 4.19. The van der Waals surface area contributed by atoms with Crippen molar-refractivity contribution in [3.05, 3.63) is 29.8 Å². The summed E-state index contributed by atoms with van der Waals surface area (Å²) in [4.78, 5) is 12.7. The Morgan fingerprint density at radius 3 is 2.82 bits per heavy atom. The maximum absolute atomic E-state index is 12.7. The molecule has 1 amide bonds. The van der Waals surface area contributed by atoms with Crippen LogP contribution in [0.4, 0.5) is 5.69 Å². The van der Waals surface area contributed by atoms with Gasteiger partial charge in [-0.25, -0.2) is 0 Å². The zero-order valence-corrected chi connectivity index (χ0v) is 13.4. The first kappa shape index (κ1) is 13.9. The number of rotatable bonds is 0. The SMILES string of the molecule is CSC1=NN2[C@H](C(=O)N1)c1ccccc1NC21CCCCC1. The molecule has 1 fully saturated rings. The largest absolute Gasteiger partial charge is 0.361 e. The Balaban J connectivity index is 1.86. The van der Waals surface area contributed by atoms with Crippen LogP contribution >= 0.6 is 11.8 Å². The van der Waals surface area contributed by atoms with Gasteiger partial charge in [-0.3, -0.25) is 9.80 Å². The van der Waals surface area contributed by atoms with Crippen LogP contribution in [0, 0.1) is 0 Å². The highest BCUT2D eigenvalue weighted by Gasteiger charge is 2.50. The van der Waals surface area contributed by atoms with Gasteiger partial charge in [0.2, 0.25) is 0 Å². The summed E-state index contributed by atoms with van der Waals surface area (Å²) in [7, 11) is 0. The highest BCUT2D eigenvalue weighted by Crippen LogP contribution is 2.46. The summed E-state index contributed by atoms with van der Waals surface area (Å²) in [5, 5.41) is 14.1. The molecule has 0 aromatic heterocycles. The number of para-hydroxylation sites is 1. The standard InChI is InChI=1S/C16H20N4OS/c1-22-15-17-14(21)13-11-7-3-4-8-12(11)18-16(20(13)19-15)9-5-2-6-10-16/h3-4,7-8,13,18H,2,5-6,9-10H2,1H3,(H,17,19,21)/t13-/m0/s1. The molecular formula is C16H20N4OS. The van der Waals surface area contributed by atoms with Crippen molar-refractivity contribution in [2.24, 2.45) is 5.10 Å². The lowest BCUT2D eigenvalue weighted by atomic mass is 9.83. The average molecular weight is 316 g/mol. The predicted octanol–water partition coefficient (Wildman–Crippen LogP) is 2.88. The minimum atomic E-state index is -0.327. The summed E-state index contributed by atoms with van der Waals surface area (Å²) >= 11 is 1.48. The first-order valence-corrected chi connectivity index (χ1v) is 9.06. The van der Waals surface area contributed by atoms with Gasteiger partial charge in [0.25, 0.3) is 5.91 Å². The molecule has 0 saturated heterocycles. The van der Waals surface area contributed by atoms with Gasteiger partial charge in [0.05, 0.1) is 0 Å². The monoisotopic (exact) mass is 316 g/mol. The molecule has 2 aliphatic heterocycles. The van der Waals surface area contributed by atoms with Crippen LogP contribution in [0.15, 0.2) is 29.4 Å². The molecule has 0 radical (unpaired) electrons. The molecule has 1 saturated carbocycles. The van der Waals surface area contributed by atoms with E-state index < -0.39 is 0 Å². The second-order valence-electron chi connectivity index (χ2n) is 6.15. The average Bonchev–Trinajstić information content (AvgIpc) is 2.55. The number of hydrogen-bond acceptors (Lipinski definition) is 5. The van der Waals surface area contributed by atoms with Crippen LogP contribution in [0.3, 0.4) is 0 Å². The second-order valence-corrected chi connectivity index (χ2v) is 6.95. The summed E-state index contributed by atoms with van der Waals surface area (Å²) in [6.45, 7) is 0. The Bertz CT molecular complexity index is 639. The molecule has 116 valence electrons. The van der Waals surface area contributed by atoms with Crippen LogP contribution < -0.4 is 10.6 Å². The van der Waals surface area contributed by atoms with Crippen molar-refractivity contribution in [2.45, 2.75) is 43.8 Å². The molecule has 1 aromatic rings. The number of hydrogen-bond donors (Lipinski definition) is 2. The van der Waals surface area contributed by atoms with Crippen molar-refractivity contribution < 1.29 is 4.79 Å². The van der Waals surface area contributed by atoms with E-state index >= 15 is 0 Å². The zero-order valence-electron chi connectivity index (χ0n) is 12.6. The fourth-order valence-electron chi connectivity index (χ4n) is 3.82. The van der Waals surface area contributed by atoms with Crippen molar-refractivity contribution in [3.63, 3.8) is 0 Å². The number of amides is 1. The van der Waals surface area contributed by atoms with Gasteiger partial charge in [-0.05, 0) is 38.0 Å². The molecule has 1 aliphatic carbocycles. The molecule has 1 aromatic carbocycles. The number of fused-ring (bicyclic) bond motifs is 4. The summed E-state index contributed by atoms with van der Waals surface area (Å²) in [5.41, 5.74) is 1.86. The quantitative estimate of drug-likeness (QED) is 0.773. The number of carbonyl (C=O) groups excluding carboxylic acids is 1. The normalized spacial score (nSPS) is 25.7. The van der Waals surface area contributed by atoms with Gasteiger partial charge in [0.15, 0.2) is 11.2 Å². The van der Waals surface area contributed by atoms with Gasteiger partial charge >= 0.3 is 0 Å². The Morgan fingerprint density at radius 2 is 2.05 bits per heavy atom. The molecule has 22 heavy (non-hydrogen) atoms. The number of amidine groups is 1. The summed E-state index contributed by atoms with van der Waals surface area (Å²) in [5.74, 6) is 0.0262. The van der Waals surface area contributed by atoms with Crippen molar-refractivity contribution in [1.29, 1.82) is 0 Å². The molecular weight excluding hydrogens is 296 g/mol. The zero-order chi connectivity index (χ0) is 15.2. The fraction of sp³-hybridized carbons (Fsp3) is 0.500. The van der Waals surface area contributed by atoms with Crippen LogP contribution in [0.1, 0.15) is 43.7 Å². The minimum absolute atomic E-state index is 0.0262. The molecule has 2 N–H and O–H groups in total. The molecule has 0 unspecified atom stereocenters. The molecule has 5 nitrogen and oxygen atoms in total. The molecule has 4 rings (SSSR count). The molecule has 1 atom stereocenters. The van der Waals surface area contributed by atoms with E-state index in [9.17, 15) is 4.79 Å². The van der Waals surface area contributed by atoms with Gasteiger partial charge < -0.3 is 10.6 Å². The maximum Gasteiger partial charge on any atom is 0.255 e. The first-order valence-electron chi connectivity index (χ1n) is 7.83. The third-order valence-electron chi connectivity index (χ3n) is 4.86. The van der Waals surface area contributed by atoms with Crippen LogP contribution in [0.2, 0.25) is 0 Å². The van der Waals surface area contributed by atoms with Crippen LogP contribution in [-0.2, 0) is 4.79 Å². The third kappa shape index (κ3) is 2.00. The number of carbonyl (C=O) groups is 1. The number of hydrazone groups is 1. The number of nitrogens with one attached hydrogen (secondary N) is 2. The maximum atomic E-state index is 12.7. The smallest absolute Gasteiger partial charge is 0.255 e. The van der Waals surface area contributed by atoms with E-state index in [2.05, 4.69) is 16.7 Å². The third-order valence-corrected chi connectivity index (χ3v) is 5.43. The van der Waals surface area contributed by atoms with Crippen molar-refractivity contribution in [1.82, 2.24) is 10.3 Å². The minimum Gasteiger partial charge on any atom is -0.361 e. The molecule has 3 aliphatic rings. The number of benzene rings is 1.